The van der Waals surface area contributed by atoms with Gasteiger partial charge in [0.15, 0.2) is 5.82 Å². The molecule has 4 nitrogen and oxygen atoms in total. The monoisotopic (exact) mass is 314 g/mol. The van der Waals surface area contributed by atoms with Crippen molar-refractivity contribution in [1.29, 1.82) is 0 Å². The van der Waals surface area contributed by atoms with E-state index in [-0.39, 0.29) is 0 Å². The normalized spacial score (nSPS) is 10.8. The van der Waals surface area contributed by atoms with E-state index in [0.29, 0.717) is 10.8 Å². The molecule has 0 fully saturated rings. The number of aromatic nitrogens is 3. The van der Waals surface area contributed by atoms with Crippen LogP contribution in [0.15, 0.2) is 22.7 Å². The van der Waals surface area contributed by atoms with Crippen LogP contribution < -0.4 is 5.73 Å². The molecule has 6 heteroatoms. The highest BCUT2D eigenvalue weighted by Gasteiger charge is 2.11. The molecule has 0 saturated carbocycles. The van der Waals surface area contributed by atoms with Crippen molar-refractivity contribution in [3.8, 4) is 5.69 Å². The number of nitrogens with two attached hydrogens (primary N) is 1. The summed E-state index contributed by atoms with van der Waals surface area (Å²) >= 11 is 9.41. The lowest BCUT2D eigenvalue weighted by molar-refractivity contribution is 0.745. The molecule has 0 unspecified atom stereocenters. The Kier molecular flexibility index (Phi) is 3.69. The van der Waals surface area contributed by atoms with E-state index < -0.39 is 0 Å². The zero-order valence-electron chi connectivity index (χ0n) is 9.32. The van der Waals surface area contributed by atoms with E-state index in [4.69, 9.17) is 17.3 Å². The van der Waals surface area contributed by atoms with Crippen LogP contribution in [0.3, 0.4) is 0 Å². The van der Waals surface area contributed by atoms with Gasteiger partial charge in [0, 0.05) is 4.47 Å². The fourth-order valence-electron chi connectivity index (χ4n) is 1.61. The summed E-state index contributed by atoms with van der Waals surface area (Å²) in [7, 11) is 0. The fourth-order valence-corrected chi connectivity index (χ4v) is 2.03. The Bertz CT molecular complexity index is 538. The van der Waals surface area contributed by atoms with Crippen molar-refractivity contribution >= 4 is 33.3 Å². The van der Waals surface area contributed by atoms with Crippen molar-refractivity contribution in [2.24, 2.45) is 0 Å². The summed E-state index contributed by atoms with van der Waals surface area (Å²) in [5.41, 5.74) is 7.58. The van der Waals surface area contributed by atoms with Crippen molar-refractivity contribution in [1.82, 2.24) is 15.0 Å². The number of nitrogens with zero attached hydrogens (tertiary/aromatic N) is 3. The summed E-state index contributed by atoms with van der Waals surface area (Å²) < 4.78 is 2.59. The number of nitrogen functional groups attached to an aromatic ring is 1. The smallest absolute Gasteiger partial charge is 0.169 e. The molecule has 1 aromatic heterocycles. The maximum absolute atomic E-state index is 6.06. The standard InChI is InChI=1S/C11H12BrClN4/c1-2-3-10-11(14)15-16-17(10)7-4-5-8(12)9(13)6-7/h4-6H,2-3,14H2,1H3. The third kappa shape index (κ3) is 2.45. The van der Waals surface area contributed by atoms with E-state index in [1.54, 1.807) is 4.68 Å². The van der Waals surface area contributed by atoms with Crippen molar-refractivity contribution in [2.75, 3.05) is 5.73 Å². The van der Waals surface area contributed by atoms with Crippen LogP contribution in [0.4, 0.5) is 5.82 Å². The van der Waals surface area contributed by atoms with Gasteiger partial charge in [0.1, 0.15) is 0 Å². The number of hydrogen-bond donors (Lipinski definition) is 1. The lowest BCUT2D eigenvalue weighted by atomic mass is 10.2. The molecular formula is C11H12BrClN4. The Balaban J connectivity index is 2.48. The van der Waals surface area contributed by atoms with Crippen LogP contribution in [0.2, 0.25) is 5.02 Å². The van der Waals surface area contributed by atoms with Gasteiger partial charge in [0.05, 0.1) is 16.4 Å². The Morgan fingerprint density at radius 1 is 1.47 bits per heavy atom. The Morgan fingerprint density at radius 2 is 2.24 bits per heavy atom. The Morgan fingerprint density at radius 3 is 2.88 bits per heavy atom. The van der Waals surface area contributed by atoms with Gasteiger partial charge in [-0.2, -0.15) is 0 Å². The van der Waals surface area contributed by atoms with Crippen LogP contribution in [-0.2, 0) is 6.42 Å². The van der Waals surface area contributed by atoms with Gasteiger partial charge in [0.25, 0.3) is 0 Å². The predicted octanol–water partition coefficient (Wildman–Crippen LogP) is 3.22. The van der Waals surface area contributed by atoms with Gasteiger partial charge in [-0.25, -0.2) is 4.68 Å². The molecule has 0 spiro atoms. The highest BCUT2D eigenvalue weighted by molar-refractivity contribution is 9.10. The van der Waals surface area contributed by atoms with Gasteiger partial charge >= 0.3 is 0 Å². The van der Waals surface area contributed by atoms with Gasteiger partial charge < -0.3 is 5.73 Å². The Labute approximate surface area is 113 Å². The topological polar surface area (TPSA) is 56.7 Å². The molecule has 2 aromatic rings. The lowest BCUT2D eigenvalue weighted by Crippen LogP contribution is -2.03. The highest BCUT2D eigenvalue weighted by Crippen LogP contribution is 2.26. The quantitative estimate of drug-likeness (QED) is 0.946. The molecule has 0 bridgehead atoms. The van der Waals surface area contributed by atoms with Crippen LogP contribution in [0.5, 0.6) is 0 Å². The summed E-state index contributed by atoms with van der Waals surface area (Å²) in [6.45, 7) is 2.09. The number of anilines is 1. The minimum atomic E-state index is 0.478. The molecule has 0 aliphatic carbocycles. The van der Waals surface area contributed by atoms with Crippen LogP contribution in [0, 0.1) is 0 Å². The van der Waals surface area contributed by atoms with Crippen molar-refractivity contribution in [3.05, 3.63) is 33.4 Å². The first kappa shape index (κ1) is 12.4. The number of halogens is 2. The molecule has 90 valence electrons. The van der Waals surface area contributed by atoms with Crippen LogP contribution in [-0.4, -0.2) is 15.0 Å². The van der Waals surface area contributed by atoms with E-state index in [2.05, 4.69) is 33.2 Å². The van der Waals surface area contributed by atoms with Crippen LogP contribution in [0.25, 0.3) is 5.69 Å². The zero-order valence-corrected chi connectivity index (χ0v) is 11.7. The van der Waals surface area contributed by atoms with E-state index in [0.717, 1.165) is 28.7 Å². The second kappa shape index (κ2) is 5.06. The highest BCUT2D eigenvalue weighted by atomic mass is 79.9. The molecule has 0 aliphatic heterocycles. The Hall–Kier alpha value is -1.07. The molecule has 0 atom stereocenters. The second-order valence-corrected chi connectivity index (χ2v) is 4.94. The summed E-state index contributed by atoms with van der Waals surface area (Å²) in [5, 5.41) is 8.58. The largest absolute Gasteiger partial charge is 0.381 e. The number of benzene rings is 1. The second-order valence-electron chi connectivity index (χ2n) is 3.68. The summed E-state index contributed by atoms with van der Waals surface area (Å²) in [6, 6.07) is 5.63. The van der Waals surface area contributed by atoms with Gasteiger partial charge in [-0.15, -0.1) is 5.10 Å². The van der Waals surface area contributed by atoms with Gasteiger partial charge in [0.2, 0.25) is 0 Å². The van der Waals surface area contributed by atoms with Crippen molar-refractivity contribution in [3.63, 3.8) is 0 Å². The lowest BCUT2D eigenvalue weighted by Gasteiger charge is -2.06. The molecular weight excluding hydrogens is 304 g/mol. The molecule has 0 saturated heterocycles. The van der Waals surface area contributed by atoms with E-state index in [1.165, 1.54) is 0 Å². The molecule has 0 radical (unpaired) electrons. The van der Waals surface area contributed by atoms with Gasteiger partial charge in [-0.3, -0.25) is 0 Å². The zero-order chi connectivity index (χ0) is 12.4. The molecule has 1 heterocycles. The average Bonchev–Trinajstić information content (AvgIpc) is 2.66. The first-order valence-electron chi connectivity index (χ1n) is 5.29. The predicted molar refractivity (Wildman–Crippen MR) is 72.5 cm³/mol. The van der Waals surface area contributed by atoms with Crippen LogP contribution in [0.1, 0.15) is 19.0 Å². The van der Waals surface area contributed by atoms with Crippen LogP contribution >= 0.6 is 27.5 Å². The summed E-state index contributed by atoms with van der Waals surface area (Å²) in [6.07, 6.45) is 1.83. The van der Waals surface area contributed by atoms with Gasteiger partial charge in [-0.05, 0) is 40.5 Å². The van der Waals surface area contributed by atoms with Crippen molar-refractivity contribution < 1.29 is 0 Å². The van der Waals surface area contributed by atoms with E-state index in [9.17, 15) is 0 Å². The summed E-state index contributed by atoms with van der Waals surface area (Å²) in [4.78, 5) is 0. The minimum Gasteiger partial charge on any atom is -0.381 e. The number of rotatable bonds is 3. The third-order valence-electron chi connectivity index (χ3n) is 2.43. The molecule has 0 aliphatic rings. The molecule has 2 rings (SSSR count). The third-order valence-corrected chi connectivity index (χ3v) is 3.66. The minimum absolute atomic E-state index is 0.478. The fraction of sp³-hybridized carbons (Fsp3) is 0.273. The molecule has 17 heavy (non-hydrogen) atoms. The number of hydrogen-bond acceptors (Lipinski definition) is 3. The SMILES string of the molecule is CCCc1c(N)nnn1-c1ccc(Br)c(Cl)c1. The first-order valence-corrected chi connectivity index (χ1v) is 6.46. The van der Waals surface area contributed by atoms with Crippen molar-refractivity contribution in [2.45, 2.75) is 19.8 Å². The first-order chi connectivity index (χ1) is 8.13. The maximum Gasteiger partial charge on any atom is 0.169 e. The van der Waals surface area contributed by atoms with Gasteiger partial charge in [-0.1, -0.05) is 30.2 Å². The maximum atomic E-state index is 6.06. The summed E-state index contributed by atoms with van der Waals surface area (Å²) in [5.74, 6) is 0.478. The molecule has 0 amide bonds. The molecule has 2 N–H and O–H groups in total. The van der Waals surface area contributed by atoms with E-state index >= 15 is 0 Å². The van der Waals surface area contributed by atoms with E-state index in [1.807, 2.05) is 18.2 Å². The average molecular weight is 316 g/mol. The molecule has 1 aromatic carbocycles.